The van der Waals surface area contributed by atoms with Gasteiger partial charge in [0.2, 0.25) is 0 Å². The summed E-state index contributed by atoms with van der Waals surface area (Å²) in [5.74, 6) is -1.34. The van der Waals surface area contributed by atoms with Crippen molar-refractivity contribution in [2.45, 2.75) is 31.2 Å². The van der Waals surface area contributed by atoms with Crippen molar-refractivity contribution >= 4 is 52.9 Å². The van der Waals surface area contributed by atoms with Crippen LogP contribution in [-0.4, -0.2) is 36.3 Å². The Labute approximate surface area is 154 Å². The van der Waals surface area contributed by atoms with Gasteiger partial charge in [0.25, 0.3) is 5.91 Å². The summed E-state index contributed by atoms with van der Waals surface area (Å²) in [6.45, 7) is 3.18. The van der Waals surface area contributed by atoms with Gasteiger partial charge in [-0.3, -0.25) is 14.9 Å². The molecule has 0 saturated carbocycles. The predicted octanol–water partition coefficient (Wildman–Crippen LogP) is 3.25. The molecule has 0 bridgehead atoms. The highest BCUT2D eigenvalue weighted by Gasteiger charge is 2.13. The van der Waals surface area contributed by atoms with E-state index in [0.717, 1.165) is 18.2 Å². The SMILES string of the molecule is CC[C@H](C)NC(=O)NC(=O)COC(=O)CSc1cc(Cl)ccc1Cl. The van der Waals surface area contributed by atoms with Gasteiger partial charge in [-0.25, -0.2) is 4.79 Å². The lowest BCUT2D eigenvalue weighted by Gasteiger charge is -2.11. The molecule has 0 aliphatic carbocycles. The Hall–Kier alpha value is -1.44. The van der Waals surface area contributed by atoms with Crippen molar-refractivity contribution in [2.75, 3.05) is 12.4 Å². The lowest BCUT2D eigenvalue weighted by Crippen LogP contribution is -2.44. The molecule has 3 amide bonds. The van der Waals surface area contributed by atoms with Crippen molar-refractivity contribution in [3.8, 4) is 0 Å². The second kappa shape index (κ2) is 10.4. The predicted molar refractivity (Wildman–Crippen MR) is 94.6 cm³/mol. The van der Waals surface area contributed by atoms with Gasteiger partial charge >= 0.3 is 12.0 Å². The molecule has 24 heavy (non-hydrogen) atoms. The van der Waals surface area contributed by atoms with Gasteiger partial charge in [-0.05, 0) is 31.5 Å². The molecule has 0 heterocycles. The summed E-state index contributed by atoms with van der Waals surface area (Å²) in [5, 5.41) is 5.61. The first-order valence-corrected chi connectivity index (χ1v) is 8.89. The Morgan fingerprint density at radius 2 is 2.00 bits per heavy atom. The second-order valence-electron chi connectivity index (χ2n) is 4.86. The van der Waals surface area contributed by atoms with E-state index in [1.165, 1.54) is 0 Å². The minimum absolute atomic E-state index is 0.0353. The van der Waals surface area contributed by atoms with E-state index >= 15 is 0 Å². The number of carbonyl (C=O) groups is 3. The van der Waals surface area contributed by atoms with E-state index < -0.39 is 24.5 Å². The molecule has 132 valence electrons. The molecule has 0 spiro atoms. The summed E-state index contributed by atoms with van der Waals surface area (Å²) in [7, 11) is 0. The van der Waals surface area contributed by atoms with Gasteiger partial charge in [-0.2, -0.15) is 0 Å². The number of esters is 1. The van der Waals surface area contributed by atoms with Gasteiger partial charge in [0, 0.05) is 16.0 Å². The Balaban J connectivity index is 2.31. The number of hydrogen-bond acceptors (Lipinski definition) is 5. The van der Waals surface area contributed by atoms with Crippen LogP contribution in [0.3, 0.4) is 0 Å². The largest absolute Gasteiger partial charge is 0.455 e. The van der Waals surface area contributed by atoms with Crippen LogP contribution in [0.1, 0.15) is 20.3 Å². The molecule has 0 aliphatic heterocycles. The summed E-state index contributed by atoms with van der Waals surface area (Å²) < 4.78 is 4.80. The van der Waals surface area contributed by atoms with Crippen LogP contribution in [0.2, 0.25) is 10.0 Å². The lowest BCUT2D eigenvalue weighted by molar-refractivity contribution is -0.145. The van der Waals surface area contributed by atoms with Crippen LogP contribution >= 0.6 is 35.0 Å². The molecule has 1 atom stereocenters. The first kappa shape index (κ1) is 20.6. The Morgan fingerprint density at radius 1 is 1.29 bits per heavy atom. The standard InChI is InChI=1S/C15H18Cl2N2O4S/c1-3-9(2)18-15(22)19-13(20)7-23-14(21)8-24-12-6-10(16)4-5-11(12)17/h4-6,9H,3,7-8H2,1-2H3,(H2,18,19,20,22)/t9-/m0/s1. The average Bonchev–Trinajstić information content (AvgIpc) is 2.53. The van der Waals surface area contributed by atoms with Crippen molar-refractivity contribution in [2.24, 2.45) is 0 Å². The number of thioether (sulfide) groups is 1. The quantitative estimate of drug-likeness (QED) is 0.549. The van der Waals surface area contributed by atoms with Gasteiger partial charge in [0.1, 0.15) is 0 Å². The van der Waals surface area contributed by atoms with E-state index in [1.807, 2.05) is 13.8 Å². The van der Waals surface area contributed by atoms with Gasteiger partial charge in [0.05, 0.1) is 10.8 Å². The monoisotopic (exact) mass is 392 g/mol. The fraction of sp³-hybridized carbons (Fsp3) is 0.400. The third kappa shape index (κ3) is 7.90. The Bertz CT molecular complexity index is 613. The smallest absolute Gasteiger partial charge is 0.321 e. The maximum absolute atomic E-state index is 11.6. The summed E-state index contributed by atoms with van der Waals surface area (Å²) in [6, 6.07) is 4.22. The van der Waals surface area contributed by atoms with E-state index in [-0.39, 0.29) is 11.8 Å². The highest BCUT2D eigenvalue weighted by atomic mass is 35.5. The normalized spacial score (nSPS) is 11.5. The van der Waals surface area contributed by atoms with Crippen molar-refractivity contribution in [3.05, 3.63) is 28.2 Å². The second-order valence-corrected chi connectivity index (χ2v) is 6.72. The maximum Gasteiger partial charge on any atom is 0.321 e. The zero-order chi connectivity index (χ0) is 18.1. The van der Waals surface area contributed by atoms with Crippen molar-refractivity contribution in [1.82, 2.24) is 10.6 Å². The zero-order valence-corrected chi connectivity index (χ0v) is 15.6. The summed E-state index contributed by atoms with van der Waals surface area (Å²) in [5.41, 5.74) is 0. The zero-order valence-electron chi connectivity index (χ0n) is 13.2. The Morgan fingerprint density at radius 3 is 2.67 bits per heavy atom. The van der Waals surface area contributed by atoms with Gasteiger partial charge in [-0.1, -0.05) is 30.1 Å². The number of halogens is 2. The van der Waals surface area contributed by atoms with Crippen LogP contribution in [0.15, 0.2) is 23.1 Å². The summed E-state index contributed by atoms with van der Waals surface area (Å²) in [4.78, 5) is 35.2. The number of carbonyl (C=O) groups excluding carboxylic acids is 3. The molecule has 1 rings (SSSR count). The van der Waals surface area contributed by atoms with Crippen LogP contribution in [0.25, 0.3) is 0 Å². The van der Waals surface area contributed by atoms with E-state index in [0.29, 0.717) is 14.9 Å². The molecule has 6 nitrogen and oxygen atoms in total. The van der Waals surface area contributed by atoms with Crippen LogP contribution in [0.4, 0.5) is 4.79 Å². The van der Waals surface area contributed by atoms with E-state index in [4.69, 9.17) is 27.9 Å². The molecule has 0 saturated heterocycles. The summed E-state index contributed by atoms with van der Waals surface area (Å²) in [6.07, 6.45) is 0.736. The van der Waals surface area contributed by atoms with Crippen LogP contribution in [-0.2, 0) is 14.3 Å². The topological polar surface area (TPSA) is 84.5 Å². The molecular weight excluding hydrogens is 375 g/mol. The molecule has 9 heteroatoms. The molecule has 1 aromatic rings. The minimum atomic E-state index is -0.699. The van der Waals surface area contributed by atoms with Crippen molar-refractivity contribution in [3.63, 3.8) is 0 Å². The molecular formula is C15H18Cl2N2O4S. The fourth-order valence-electron chi connectivity index (χ4n) is 1.44. The molecule has 0 unspecified atom stereocenters. The minimum Gasteiger partial charge on any atom is -0.455 e. The molecule has 0 radical (unpaired) electrons. The number of ether oxygens (including phenoxy) is 1. The van der Waals surface area contributed by atoms with Gasteiger partial charge < -0.3 is 10.1 Å². The first-order chi connectivity index (χ1) is 11.3. The molecule has 2 N–H and O–H groups in total. The Kier molecular flexibility index (Phi) is 8.95. The van der Waals surface area contributed by atoms with Gasteiger partial charge in [-0.15, -0.1) is 11.8 Å². The van der Waals surface area contributed by atoms with Crippen LogP contribution in [0, 0.1) is 0 Å². The third-order valence-corrected chi connectivity index (χ3v) is 4.55. The number of rotatable bonds is 7. The highest BCUT2D eigenvalue weighted by molar-refractivity contribution is 8.00. The van der Waals surface area contributed by atoms with E-state index in [1.54, 1.807) is 18.2 Å². The maximum atomic E-state index is 11.6. The number of imide groups is 1. The van der Waals surface area contributed by atoms with Crippen LogP contribution in [0.5, 0.6) is 0 Å². The van der Waals surface area contributed by atoms with Crippen molar-refractivity contribution in [1.29, 1.82) is 0 Å². The van der Waals surface area contributed by atoms with Gasteiger partial charge in [0.15, 0.2) is 6.61 Å². The number of benzene rings is 1. The molecule has 1 aromatic carbocycles. The van der Waals surface area contributed by atoms with Crippen LogP contribution < -0.4 is 10.6 Å². The first-order valence-electron chi connectivity index (χ1n) is 7.15. The molecule has 0 aliphatic rings. The highest BCUT2D eigenvalue weighted by Crippen LogP contribution is 2.29. The van der Waals surface area contributed by atoms with E-state index in [9.17, 15) is 14.4 Å². The third-order valence-electron chi connectivity index (χ3n) is 2.85. The molecule has 0 aromatic heterocycles. The number of hydrogen-bond donors (Lipinski definition) is 2. The number of nitrogens with one attached hydrogen (secondary N) is 2. The lowest BCUT2D eigenvalue weighted by atomic mass is 10.3. The molecule has 0 fully saturated rings. The fourth-order valence-corrected chi connectivity index (χ4v) is 2.73. The van der Waals surface area contributed by atoms with Crippen molar-refractivity contribution < 1.29 is 19.1 Å². The summed E-state index contributed by atoms with van der Waals surface area (Å²) >= 11 is 13.0. The van der Waals surface area contributed by atoms with E-state index in [2.05, 4.69) is 10.6 Å². The number of amides is 3. The average molecular weight is 393 g/mol. The number of urea groups is 1.